The molecule has 0 spiro atoms. The lowest BCUT2D eigenvalue weighted by Gasteiger charge is -2.31. The van der Waals surface area contributed by atoms with Crippen molar-refractivity contribution in [3.8, 4) is 0 Å². The number of hydrogen-bond donors (Lipinski definition) is 0. The van der Waals surface area contributed by atoms with E-state index < -0.39 is 21.5 Å². The van der Waals surface area contributed by atoms with Crippen molar-refractivity contribution in [1.82, 2.24) is 4.98 Å². The first-order valence-electron chi connectivity index (χ1n) is 8.38. The van der Waals surface area contributed by atoms with Crippen LogP contribution in [0.15, 0.2) is 58.5 Å². The van der Waals surface area contributed by atoms with Crippen LogP contribution in [-0.4, -0.2) is 39.7 Å². The molecule has 4 rings (SSSR count). The summed E-state index contributed by atoms with van der Waals surface area (Å²) in [5, 5.41) is 0.417. The van der Waals surface area contributed by atoms with Crippen molar-refractivity contribution >= 4 is 26.4 Å². The molecule has 140 valence electrons. The summed E-state index contributed by atoms with van der Waals surface area (Å²) in [6.07, 6.45) is 1.28. The number of rotatable bonds is 3. The van der Waals surface area contributed by atoms with E-state index in [4.69, 9.17) is 4.74 Å². The molecule has 1 aromatic heterocycles. The fourth-order valence-electron chi connectivity index (χ4n) is 3.18. The number of nitrogens with zero attached hydrogens (tertiary/aromatic N) is 2. The maximum atomic E-state index is 13.9. The minimum absolute atomic E-state index is 0.0332. The van der Waals surface area contributed by atoms with E-state index in [1.807, 2.05) is 4.90 Å². The van der Waals surface area contributed by atoms with Gasteiger partial charge in [0, 0.05) is 24.7 Å². The zero-order valence-electron chi connectivity index (χ0n) is 14.2. The molecule has 0 bridgehead atoms. The standard InChI is InChI=1S/C19H16F2N2O3S/c20-13-1-4-15(5-2-13)27(24,25)18-12-22-17-6-3-14(21)11-16(17)19(18)23-7-9-26-10-8-23/h1-6,11-12H,7-10H2. The Balaban J connectivity index is 1.98. The predicted molar refractivity (Wildman–Crippen MR) is 96.6 cm³/mol. The third kappa shape index (κ3) is 3.26. The summed E-state index contributed by atoms with van der Waals surface area (Å²) in [6.45, 7) is 1.83. The van der Waals surface area contributed by atoms with Crippen LogP contribution in [0.2, 0.25) is 0 Å². The Morgan fingerprint density at radius 1 is 0.963 bits per heavy atom. The molecule has 1 aliphatic heterocycles. The second kappa shape index (κ2) is 6.86. The highest BCUT2D eigenvalue weighted by atomic mass is 32.2. The molecule has 1 saturated heterocycles. The summed E-state index contributed by atoms with van der Waals surface area (Å²) in [4.78, 5) is 6.00. The van der Waals surface area contributed by atoms with E-state index in [-0.39, 0.29) is 9.79 Å². The average Bonchev–Trinajstić information content (AvgIpc) is 2.68. The Bertz CT molecular complexity index is 1100. The van der Waals surface area contributed by atoms with Crippen LogP contribution in [0.1, 0.15) is 0 Å². The molecule has 0 amide bonds. The van der Waals surface area contributed by atoms with Crippen LogP contribution in [0, 0.1) is 11.6 Å². The van der Waals surface area contributed by atoms with Gasteiger partial charge in [0.15, 0.2) is 0 Å². The normalized spacial score (nSPS) is 15.3. The topological polar surface area (TPSA) is 59.5 Å². The van der Waals surface area contributed by atoms with Crippen molar-refractivity contribution in [1.29, 1.82) is 0 Å². The summed E-state index contributed by atoms with van der Waals surface area (Å²) in [5.41, 5.74) is 0.892. The molecule has 0 N–H and O–H groups in total. The van der Waals surface area contributed by atoms with Crippen LogP contribution in [0.3, 0.4) is 0 Å². The van der Waals surface area contributed by atoms with Crippen molar-refractivity contribution in [3.63, 3.8) is 0 Å². The first-order valence-corrected chi connectivity index (χ1v) is 9.87. The number of hydrogen-bond acceptors (Lipinski definition) is 5. The van der Waals surface area contributed by atoms with Crippen LogP contribution in [0.25, 0.3) is 10.9 Å². The third-order valence-corrected chi connectivity index (χ3v) is 6.28. The van der Waals surface area contributed by atoms with E-state index in [1.165, 1.54) is 36.5 Å². The van der Waals surface area contributed by atoms with Crippen molar-refractivity contribution in [3.05, 3.63) is 60.3 Å². The highest BCUT2D eigenvalue weighted by Gasteiger charge is 2.28. The number of morpholine rings is 1. The second-order valence-corrected chi connectivity index (χ2v) is 8.11. The van der Waals surface area contributed by atoms with Gasteiger partial charge in [0.1, 0.15) is 16.5 Å². The van der Waals surface area contributed by atoms with Gasteiger partial charge in [0.2, 0.25) is 9.84 Å². The molecule has 27 heavy (non-hydrogen) atoms. The lowest BCUT2D eigenvalue weighted by Crippen LogP contribution is -2.37. The number of fused-ring (bicyclic) bond motifs is 1. The summed E-state index contributed by atoms with van der Waals surface area (Å²) < 4.78 is 59.0. The van der Waals surface area contributed by atoms with E-state index in [1.54, 1.807) is 0 Å². The van der Waals surface area contributed by atoms with Gasteiger partial charge in [-0.25, -0.2) is 17.2 Å². The SMILES string of the molecule is O=S(=O)(c1ccc(F)cc1)c1cnc2ccc(F)cc2c1N1CCOCC1. The molecule has 0 atom stereocenters. The minimum atomic E-state index is -3.97. The zero-order valence-corrected chi connectivity index (χ0v) is 15.0. The number of sulfone groups is 1. The number of ether oxygens (including phenoxy) is 1. The lowest BCUT2D eigenvalue weighted by atomic mass is 10.1. The van der Waals surface area contributed by atoms with Gasteiger partial charge in [-0.1, -0.05) is 0 Å². The molecule has 2 heterocycles. The maximum Gasteiger partial charge on any atom is 0.210 e. The molecule has 0 saturated carbocycles. The molecule has 0 aliphatic carbocycles. The van der Waals surface area contributed by atoms with Crippen molar-refractivity contribution in [2.75, 3.05) is 31.2 Å². The van der Waals surface area contributed by atoms with Crippen molar-refractivity contribution in [2.45, 2.75) is 9.79 Å². The molecule has 3 aromatic rings. The van der Waals surface area contributed by atoms with Crippen LogP contribution in [-0.2, 0) is 14.6 Å². The number of aromatic nitrogens is 1. The zero-order chi connectivity index (χ0) is 19.0. The largest absolute Gasteiger partial charge is 0.378 e. The van der Waals surface area contributed by atoms with E-state index in [0.717, 1.165) is 12.1 Å². The Labute approximate surface area is 155 Å². The van der Waals surface area contributed by atoms with E-state index >= 15 is 0 Å². The van der Waals surface area contributed by atoms with Gasteiger partial charge >= 0.3 is 0 Å². The summed E-state index contributed by atoms with van der Waals surface area (Å²) in [5.74, 6) is -1.00. The van der Waals surface area contributed by atoms with Crippen LogP contribution in [0.5, 0.6) is 0 Å². The van der Waals surface area contributed by atoms with E-state index in [0.29, 0.717) is 42.9 Å². The summed E-state index contributed by atoms with van der Waals surface area (Å²) in [7, 11) is -3.97. The lowest BCUT2D eigenvalue weighted by molar-refractivity contribution is 0.122. The van der Waals surface area contributed by atoms with Gasteiger partial charge in [-0.15, -0.1) is 0 Å². The number of anilines is 1. The van der Waals surface area contributed by atoms with Gasteiger partial charge in [-0.2, -0.15) is 0 Å². The highest BCUT2D eigenvalue weighted by Crippen LogP contribution is 2.36. The monoisotopic (exact) mass is 390 g/mol. The van der Waals surface area contributed by atoms with E-state index in [2.05, 4.69) is 4.98 Å². The summed E-state index contributed by atoms with van der Waals surface area (Å²) >= 11 is 0. The highest BCUT2D eigenvalue weighted by molar-refractivity contribution is 7.91. The van der Waals surface area contributed by atoms with Gasteiger partial charge in [-0.05, 0) is 42.5 Å². The molecule has 5 nitrogen and oxygen atoms in total. The fourth-order valence-corrected chi connectivity index (χ4v) is 4.62. The maximum absolute atomic E-state index is 13.9. The Kier molecular flexibility index (Phi) is 4.53. The molecule has 1 fully saturated rings. The van der Waals surface area contributed by atoms with Crippen molar-refractivity contribution in [2.24, 2.45) is 0 Å². The van der Waals surface area contributed by atoms with Crippen LogP contribution in [0.4, 0.5) is 14.5 Å². The molecule has 8 heteroatoms. The first kappa shape index (κ1) is 17.8. The third-order valence-electron chi connectivity index (χ3n) is 4.51. The molecular formula is C19H16F2N2O3S. The first-order chi connectivity index (χ1) is 13.0. The minimum Gasteiger partial charge on any atom is -0.378 e. The molecule has 0 radical (unpaired) electrons. The van der Waals surface area contributed by atoms with Crippen LogP contribution >= 0.6 is 0 Å². The van der Waals surface area contributed by atoms with Gasteiger partial charge in [-0.3, -0.25) is 4.98 Å². The molecule has 0 unspecified atom stereocenters. The van der Waals surface area contributed by atoms with Gasteiger partial charge < -0.3 is 9.64 Å². The molecule has 1 aliphatic rings. The Morgan fingerprint density at radius 2 is 1.63 bits per heavy atom. The van der Waals surface area contributed by atoms with Crippen molar-refractivity contribution < 1.29 is 21.9 Å². The Hall–Kier alpha value is -2.58. The molecular weight excluding hydrogens is 374 g/mol. The quantitative estimate of drug-likeness (QED) is 0.643. The summed E-state index contributed by atoms with van der Waals surface area (Å²) in [6, 6.07) is 8.70. The average molecular weight is 390 g/mol. The Morgan fingerprint density at radius 3 is 2.33 bits per heavy atom. The number of benzene rings is 2. The van der Waals surface area contributed by atoms with Crippen LogP contribution < -0.4 is 4.90 Å². The number of halogens is 2. The van der Waals surface area contributed by atoms with Gasteiger partial charge in [0.25, 0.3) is 0 Å². The smallest absolute Gasteiger partial charge is 0.210 e. The van der Waals surface area contributed by atoms with Gasteiger partial charge in [0.05, 0.1) is 29.3 Å². The number of pyridine rings is 1. The fraction of sp³-hybridized carbons (Fsp3) is 0.211. The predicted octanol–water partition coefficient (Wildman–Crippen LogP) is 3.18. The second-order valence-electron chi connectivity index (χ2n) is 6.19. The van der Waals surface area contributed by atoms with E-state index in [9.17, 15) is 17.2 Å². The molecule has 2 aromatic carbocycles.